The van der Waals surface area contributed by atoms with E-state index in [1.54, 1.807) is 34.8 Å². The summed E-state index contributed by atoms with van der Waals surface area (Å²) in [7, 11) is 0. The molecule has 102 valence electrons. The van der Waals surface area contributed by atoms with Crippen LogP contribution in [0.25, 0.3) is 32.2 Å². The molecule has 0 aliphatic carbocycles. The zero-order valence-electron chi connectivity index (χ0n) is 10.9. The number of nitrogens with zero attached hydrogens (tertiary/aromatic N) is 2. The number of hydrogen-bond acceptors (Lipinski definition) is 5. The lowest BCUT2D eigenvalue weighted by atomic mass is 10.2. The van der Waals surface area contributed by atoms with E-state index in [-0.39, 0.29) is 5.75 Å². The SMILES string of the molecule is Oc1cccc2nc(-c3cccs3)c(-c3cccs3)nc12. The molecule has 4 rings (SSSR count). The Morgan fingerprint density at radius 1 is 0.762 bits per heavy atom. The molecular weight excluding hydrogens is 300 g/mol. The molecule has 0 saturated heterocycles. The van der Waals surface area contributed by atoms with E-state index < -0.39 is 0 Å². The van der Waals surface area contributed by atoms with Gasteiger partial charge in [0.1, 0.15) is 22.7 Å². The minimum atomic E-state index is 0.163. The van der Waals surface area contributed by atoms with Crippen molar-refractivity contribution in [3.63, 3.8) is 0 Å². The van der Waals surface area contributed by atoms with Gasteiger partial charge in [0.15, 0.2) is 0 Å². The molecule has 3 nitrogen and oxygen atoms in total. The van der Waals surface area contributed by atoms with Crippen LogP contribution in [0, 0.1) is 0 Å². The third kappa shape index (κ3) is 2.11. The molecule has 0 atom stereocenters. The van der Waals surface area contributed by atoms with Crippen molar-refractivity contribution in [3.8, 4) is 26.9 Å². The Balaban J connectivity index is 2.08. The minimum absolute atomic E-state index is 0.163. The fourth-order valence-electron chi connectivity index (χ4n) is 2.23. The van der Waals surface area contributed by atoms with E-state index in [0.29, 0.717) is 11.0 Å². The van der Waals surface area contributed by atoms with Crippen LogP contribution in [0.15, 0.2) is 53.2 Å². The van der Waals surface area contributed by atoms with Crippen LogP contribution in [-0.2, 0) is 0 Å². The monoisotopic (exact) mass is 310 g/mol. The number of aromatic hydroxyl groups is 1. The van der Waals surface area contributed by atoms with Crippen LogP contribution in [0.2, 0.25) is 0 Å². The third-order valence-corrected chi connectivity index (χ3v) is 4.94. The van der Waals surface area contributed by atoms with Crippen molar-refractivity contribution in [2.45, 2.75) is 0 Å². The maximum Gasteiger partial charge on any atom is 0.143 e. The Bertz CT molecular complexity index is 900. The first kappa shape index (κ1) is 12.5. The number of phenols is 1. The molecule has 0 aliphatic rings. The summed E-state index contributed by atoms with van der Waals surface area (Å²) in [5, 5.41) is 14.1. The number of rotatable bonds is 2. The van der Waals surface area contributed by atoms with Crippen LogP contribution in [0.1, 0.15) is 0 Å². The van der Waals surface area contributed by atoms with Gasteiger partial charge in [-0.2, -0.15) is 0 Å². The van der Waals surface area contributed by atoms with E-state index in [4.69, 9.17) is 4.98 Å². The minimum Gasteiger partial charge on any atom is -0.506 e. The molecule has 0 bridgehead atoms. The normalized spacial score (nSPS) is 11.0. The molecule has 1 aromatic carbocycles. The molecule has 4 aromatic rings. The maximum absolute atomic E-state index is 10.0. The van der Waals surface area contributed by atoms with Gasteiger partial charge in [-0.05, 0) is 35.0 Å². The van der Waals surface area contributed by atoms with E-state index in [9.17, 15) is 5.11 Å². The lowest BCUT2D eigenvalue weighted by molar-refractivity contribution is 0.480. The van der Waals surface area contributed by atoms with Crippen molar-refractivity contribution in [2.24, 2.45) is 0 Å². The molecule has 0 unspecified atom stereocenters. The van der Waals surface area contributed by atoms with Crippen molar-refractivity contribution in [3.05, 3.63) is 53.2 Å². The van der Waals surface area contributed by atoms with Crippen molar-refractivity contribution < 1.29 is 5.11 Å². The van der Waals surface area contributed by atoms with E-state index in [1.807, 2.05) is 41.1 Å². The largest absolute Gasteiger partial charge is 0.506 e. The highest BCUT2D eigenvalue weighted by molar-refractivity contribution is 7.14. The van der Waals surface area contributed by atoms with Crippen LogP contribution in [0.4, 0.5) is 0 Å². The second-order valence-electron chi connectivity index (χ2n) is 4.52. The molecule has 3 aromatic heterocycles. The average molecular weight is 310 g/mol. The summed E-state index contributed by atoms with van der Waals surface area (Å²) in [6, 6.07) is 13.4. The summed E-state index contributed by atoms with van der Waals surface area (Å²) in [6.07, 6.45) is 0. The predicted octanol–water partition coefficient (Wildman–Crippen LogP) is 4.79. The molecule has 21 heavy (non-hydrogen) atoms. The summed E-state index contributed by atoms with van der Waals surface area (Å²) in [6.45, 7) is 0. The second-order valence-corrected chi connectivity index (χ2v) is 6.42. The van der Waals surface area contributed by atoms with E-state index in [0.717, 1.165) is 21.1 Å². The van der Waals surface area contributed by atoms with E-state index >= 15 is 0 Å². The van der Waals surface area contributed by atoms with Crippen LogP contribution in [-0.4, -0.2) is 15.1 Å². The Labute approximate surface area is 129 Å². The zero-order chi connectivity index (χ0) is 14.2. The highest BCUT2D eigenvalue weighted by Gasteiger charge is 2.15. The van der Waals surface area contributed by atoms with Crippen molar-refractivity contribution in [1.82, 2.24) is 9.97 Å². The highest BCUT2D eigenvalue weighted by Crippen LogP contribution is 2.36. The van der Waals surface area contributed by atoms with Crippen LogP contribution >= 0.6 is 22.7 Å². The molecule has 0 saturated carbocycles. The topological polar surface area (TPSA) is 46.0 Å². The zero-order valence-corrected chi connectivity index (χ0v) is 12.5. The number of thiophene rings is 2. The second kappa shape index (κ2) is 4.95. The molecule has 0 fully saturated rings. The van der Waals surface area contributed by atoms with Gasteiger partial charge < -0.3 is 5.11 Å². The van der Waals surface area contributed by atoms with Gasteiger partial charge in [0, 0.05) is 0 Å². The quantitative estimate of drug-likeness (QED) is 0.579. The fourth-order valence-corrected chi connectivity index (χ4v) is 3.66. The van der Waals surface area contributed by atoms with Crippen molar-refractivity contribution in [1.29, 1.82) is 0 Å². The first-order valence-corrected chi connectivity index (χ1v) is 8.16. The third-order valence-electron chi connectivity index (χ3n) is 3.18. The van der Waals surface area contributed by atoms with Gasteiger partial charge in [-0.1, -0.05) is 18.2 Å². The Hall–Kier alpha value is -2.24. The summed E-state index contributed by atoms with van der Waals surface area (Å²) in [5.41, 5.74) is 2.94. The molecule has 0 spiro atoms. The van der Waals surface area contributed by atoms with E-state index in [2.05, 4.69) is 4.98 Å². The van der Waals surface area contributed by atoms with Crippen LogP contribution < -0.4 is 0 Å². The molecule has 0 aliphatic heterocycles. The van der Waals surface area contributed by atoms with Gasteiger partial charge in [-0.3, -0.25) is 0 Å². The first-order valence-electron chi connectivity index (χ1n) is 6.40. The number of fused-ring (bicyclic) bond motifs is 1. The summed E-state index contributed by atoms with van der Waals surface area (Å²) < 4.78 is 0. The molecule has 3 heterocycles. The first-order chi connectivity index (χ1) is 10.3. The number of hydrogen-bond donors (Lipinski definition) is 1. The van der Waals surface area contributed by atoms with Gasteiger partial charge in [0.25, 0.3) is 0 Å². The smallest absolute Gasteiger partial charge is 0.143 e. The lowest BCUT2D eigenvalue weighted by Crippen LogP contribution is -1.93. The predicted molar refractivity (Wildman–Crippen MR) is 87.8 cm³/mol. The van der Waals surface area contributed by atoms with Gasteiger partial charge in [0.05, 0.1) is 15.3 Å². The van der Waals surface area contributed by atoms with Crippen molar-refractivity contribution >= 4 is 33.7 Å². The number of para-hydroxylation sites is 1. The Morgan fingerprint density at radius 2 is 1.43 bits per heavy atom. The van der Waals surface area contributed by atoms with Gasteiger partial charge in [-0.25, -0.2) is 9.97 Å². The standard InChI is InChI=1S/C16H10N2OS2/c19-11-5-1-4-10-14(11)18-16(13-7-3-9-21-13)15(17-10)12-6-2-8-20-12/h1-9,19H. The number of aromatic nitrogens is 2. The van der Waals surface area contributed by atoms with Gasteiger partial charge in [-0.15, -0.1) is 22.7 Å². The lowest BCUT2D eigenvalue weighted by Gasteiger charge is -2.08. The number of benzene rings is 1. The van der Waals surface area contributed by atoms with Gasteiger partial charge >= 0.3 is 0 Å². The molecule has 0 radical (unpaired) electrons. The van der Waals surface area contributed by atoms with Crippen LogP contribution in [0.3, 0.4) is 0 Å². The van der Waals surface area contributed by atoms with Crippen LogP contribution in [0.5, 0.6) is 5.75 Å². The summed E-state index contributed by atoms with van der Waals surface area (Å²) in [4.78, 5) is 11.5. The van der Waals surface area contributed by atoms with Gasteiger partial charge in [0.2, 0.25) is 0 Å². The summed E-state index contributed by atoms with van der Waals surface area (Å²) in [5.74, 6) is 0.163. The summed E-state index contributed by atoms with van der Waals surface area (Å²) >= 11 is 3.26. The van der Waals surface area contributed by atoms with Crippen molar-refractivity contribution in [2.75, 3.05) is 0 Å². The Morgan fingerprint density at radius 3 is 2.05 bits per heavy atom. The van der Waals surface area contributed by atoms with E-state index in [1.165, 1.54) is 0 Å². The number of phenolic OH excluding ortho intramolecular Hbond substituents is 1. The molecule has 5 heteroatoms. The molecule has 1 N–H and O–H groups in total. The fraction of sp³-hybridized carbons (Fsp3) is 0. The average Bonchev–Trinajstić information content (AvgIpc) is 3.20. The highest BCUT2D eigenvalue weighted by atomic mass is 32.1. The molecule has 0 amide bonds. The Kier molecular flexibility index (Phi) is 2.94. The molecular formula is C16H10N2OS2. The maximum atomic E-state index is 10.0.